The molecule has 0 aliphatic heterocycles. The first-order valence-corrected chi connectivity index (χ1v) is 13.9. The molecule has 0 aliphatic rings. The first-order chi connectivity index (χ1) is 18.7. The minimum atomic E-state index is -1.03. The number of nitrogens with zero attached hydrogens (tertiary/aromatic N) is 1. The van der Waals surface area contributed by atoms with E-state index in [1.54, 1.807) is 19.2 Å². The Hall–Kier alpha value is -3.33. The van der Waals surface area contributed by atoms with Crippen molar-refractivity contribution in [1.29, 1.82) is 0 Å². The van der Waals surface area contributed by atoms with Crippen molar-refractivity contribution in [3.8, 4) is 0 Å². The lowest BCUT2D eigenvalue weighted by atomic mass is 9.76. The molecule has 3 aromatic rings. The van der Waals surface area contributed by atoms with E-state index in [2.05, 4.69) is 10.3 Å². The van der Waals surface area contributed by atoms with Gasteiger partial charge in [-0.25, -0.2) is 9.78 Å². The fourth-order valence-electron chi connectivity index (χ4n) is 4.51. The number of thiazole rings is 1. The number of carbonyl (C=O) groups is 2. The monoisotopic (exact) mass is 550 g/mol. The van der Waals surface area contributed by atoms with Crippen LogP contribution in [-0.2, 0) is 37.4 Å². The normalized spacial score (nSPS) is 14.9. The summed E-state index contributed by atoms with van der Waals surface area (Å²) >= 11 is 1.45. The van der Waals surface area contributed by atoms with Crippen LogP contribution in [0.15, 0.2) is 72.9 Å². The van der Waals surface area contributed by atoms with E-state index < -0.39 is 29.3 Å². The molecule has 2 N–H and O–H groups in total. The molecule has 3 rings (SSSR count). The van der Waals surface area contributed by atoms with Gasteiger partial charge in [-0.3, -0.25) is 4.79 Å². The Kier molecular flexibility index (Phi) is 11.0. The molecule has 1 heterocycles. The molecule has 0 aliphatic carbocycles. The first kappa shape index (κ1) is 30.2. The van der Waals surface area contributed by atoms with Gasteiger partial charge in [0.05, 0.1) is 28.9 Å². The predicted molar refractivity (Wildman–Crippen MR) is 154 cm³/mol. The van der Waals surface area contributed by atoms with Crippen molar-refractivity contribution in [3.63, 3.8) is 0 Å². The molecule has 7 nitrogen and oxygen atoms in total. The zero-order chi connectivity index (χ0) is 28.3. The van der Waals surface area contributed by atoms with Crippen molar-refractivity contribution in [2.24, 2.45) is 0 Å². The number of esters is 1. The summed E-state index contributed by atoms with van der Waals surface area (Å²) in [5.41, 5.74) is 0.213. The maximum atomic E-state index is 12.1. The Morgan fingerprint density at radius 1 is 1.10 bits per heavy atom. The van der Waals surface area contributed by atoms with E-state index in [1.165, 1.54) is 17.4 Å². The molecule has 3 unspecified atom stereocenters. The molecule has 0 spiro atoms. The van der Waals surface area contributed by atoms with Crippen molar-refractivity contribution in [2.45, 2.75) is 70.3 Å². The van der Waals surface area contributed by atoms with Gasteiger partial charge < -0.3 is 19.9 Å². The minimum Gasteiger partial charge on any atom is -0.463 e. The summed E-state index contributed by atoms with van der Waals surface area (Å²) in [5, 5.41) is 15.6. The van der Waals surface area contributed by atoms with Crippen molar-refractivity contribution >= 4 is 29.8 Å². The number of benzene rings is 2. The fourth-order valence-corrected chi connectivity index (χ4v) is 5.35. The van der Waals surface area contributed by atoms with Gasteiger partial charge in [0.1, 0.15) is 6.10 Å². The van der Waals surface area contributed by atoms with Crippen LogP contribution in [0.4, 0.5) is 0 Å². The number of nitrogens with one attached hydrogen (secondary N) is 1. The third-order valence-electron chi connectivity index (χ3n) is 6.14. The highest BCUT2D eigenvalue weighted by Gasteiger charge is 2.46. The Balaban J connectivity index is 1.92. The van der Waals surface area contributed by atoms with Crippen LogP contribution in [0.1, 0.15) is 55.1 Å². The van der Waals surface area contributed by atoms with Crippen LogP contribution >= 0.6 is 11.3 Å². The molecule has 0 bridgehead atoms. The Morgan fingerprint density at radius 2 is 1.77 bits per heavy atom. The first-order valence-electron chi connectivity index (χ1n) is 13.1. The summed E-state index contributed by atoms with van der Waals surface area (Å²) in [6.07, 6.45) is 5.03. The average Bonchev–Trinajstić information content (AvgIpc) is 3.37. The molecule has 0 fully saturated rings. The van der Waals surface area contributed by atoms with Crippen LogP contribution in [0.3, 0.4) is 0 Å². The second-order valence-corrected chi connectivity index (χ2v) is 11.4. The summed E-state index contributed by atoms with van der Waals surface area (Å²) in [6, 6.07) is 19.5. The molecule has 1 amide bonds. The summed E-state index contributed by atoms with van der Waals surface area (Å²) in [4.78, 5) is 29.0. The molecule has 208 valence electrons. The molecular formula is C31H38N2O5S. The van der Waals surface area contributed by atoms with Gasteiger partial charge in [0.25, 0.3) is 0 Å². The maximum Gasteiger partial charge on any atom is 0.330 e. The van der Waals surface area contributed by atoms with E-state index in [4.69, 9.17) is 9.47 Å². The quantitative estimate of drug-likeness (QED) is 0.165. The van der Waals surface area contributed by atoms with Gasteiger partial charge in [-0.2, -0.15) is 0 Å². The van der Waals surface area contributed by atoms with Crippen LogP contribution in [0.25, 0.3) is 6.08 Å². The highest BCUT2D eigenvalue weighted by Crippen LogP contribution is 2.36. The number of hydrogen-bond donors (Lipinski definition) is 2. The fraction of sp³-hybridized carbons (Fsp3) is 0.387. The lowest BCUT2D eigenvalue weighted by molar-refractivity contribution is -0.155. The summed E-state index contributed by atoms with van der Waals surface area (Å²) in [6.45, 7) is 7.90. The van der Waals surface area contributed by atoms with Crippen LogP contribution < -0.4 is 5.32 Å². The molecule has 0 radical (unpaired) electrons. The third-order valence-corrected chi connectivity index (χ3v) is 7.16. The number of rotatable bonds is 14. The van der Waals surface area contributed by atoms with Crippen molar-refractivity contribution in [1.82, 2.24) is 10.3 Å². The Morgan fingerprint density at radius 3 is 2.38 bits per heavy atom. The lowest BCUT2D eigenvalue weighted by Gasteiger charge is -2.45. The van der Waals surface area contributed by atoms with Gasteiger partial charge in [0, 0.05) is 30.0 Å². The van der Waals surface area contributed by atoms with E-state index in [-0.39, 0.29) is 0 Å². The van der Waals surface area contributed by atoms with Gasteiger partial charge in [-0.15, -0.1) is 11.3 Å². The number of amides is 1. The highest BCUT2D eigenvalue weighted by molar-refractivity contribution is 7.12. The van der Waals surface area contributed by atoms with Crippen molar-refractivity contribution < 1.29 is 24.2 Å². The highest BCUT2D eigenvalue weighted by atomic mass is 32.1. The molecule has 3 atom stereocenters. The largest absolute Gasteiger partial charge is 0.463 e. The van der Waals surface area contributed by atoms with E-state index >= 15 is 0 Å². The molecule has 39 heavy (non-hydrogen) atoms. The van der Waals surface area contributed by atoms with Crippen molar-refractivity contribution in [2.75, 3.05) is 6.61 Å². The number of aliphatic hydroxyl groups excluding tert-OH is 1. The number of aryl methyl sites for hydroxylation is 1. The number of carbonyl (C=O) groups excluding carboxylic acids is 2. The van der Waals surface area contributed by atoms with Crippen LogP contribution in [-0.4, -0.2) is 46.9 Å². The number of aromatic nitrogens is 1. The second kappa shape index (κ2) is 14.2. The molecule has 1 aromatic heterocycles. The topological polar surface area (TPSA) is 97.8 Å². The van der Waals surface area contributed by atoms with Gasteiger partial charge >= 0.3 is 5.97 Å². The number of hydrogen-bond acceptors (Lipinski definition) is 7. The predicted octanol–water partition coefficient (Wildman–Crippen LogP) is 5.08. The summed E-state index contributed by atoms with van der Waals surface area (Å²) < 4.78 is 11.5. The molecular weight excluding hydrogens is 512 g/mol. The second-order valence-electron chi connectivity index (χ2n) is 10.3. The molecule has 0 saturated heterocycles. The van der Waals surface area contributed by atoms with Crippen LogP contribution in [0, 0.1) is 0 Å². The smallest absolute Gasteiger partial charge is 0.330 e. The zero-order valence-electron chi connectivity index (χ0n) is 23.0. The average molecular weight is 551 g/mol. The van der Waals surface area contributed by atoms with E-state index in [9.17, 15) is 14.7 Å². The van der Waals surface area contributed by atoms with Gasteiger partial charge in [0.2, 0.25) is 6.41 Å². The van der Waals surface area contributed by atoms with Gasteiger partial charge in [-0.1, -0.05) is 60.7 Å². The van der Waals surface area contributed by atoms with Crippen LogP contribution in [0.5, 0.6) is 0 Å². The SMILES string of the molecule is CCOC(=O)C=Cc1cnc(CCC(O)C(OC(C)(C)C)C(Cc2ccccc2)(NC=O)c2ccccc2)s1. The maximum absolute atomic E-state index is 12.1. The number of ether oxygens (including phenoxy) is 2. The molecule has 2 aromatic carbocycles. The van der Waals surface area contributed by atoms with E-state index in [1.807, 2.05) is 81.4 Å². The summed E-state index contributed by atoms with van der Waals surface area (Å²) in [5.74, 6) is -0.400. The van der Waals surface area contributed by atoms with Crippen molar-refractivity contribution in [3.05, 3.63) is 93.9 Å². The van der Waals surface area contributed by atoms with E-state index in [0.717, 1.165) is 21.0 Å². The minimum absolute atomic E-state index is 0.320. The molecule has 0 saturated carbocycles. The third kappa shape index (κ3) is 8.85. The van der Waals surface area contributed by atoms with Gasteiger partial charge in [0.15, 0.2) is 0 Å². The molecule has 8 heteroatoms. The number of aliphatic hydroxyl groups is 1. The van der Waals surface area contributed by atoms with Gasteiger partial charge in [-0.05, 0) is 51.3 Å². The standard InChI is InChI=1S/C31H38N2O5S/c1-5-37-28(36)19-16-25-21-32-27(39-25)18-17-26(35)29(38-30(2,3)4)31(33-22-34,24-14-10-7-11-15-24)20-23-12-8-6-9-13-23/h6-16,19,21-22,26,29,35H,5,17-18,20H2,1-4H3,(H,33,34). The Labute approximate surface area is 234 Å². The summed E-state index contributed by atoms with van der Waals surface area (Å²) in [7, 11) is 0. The zero-order valence-corrected chi connectivity index (χ0v) is 23.8. The lowest BCUT2D eigenvalue weighted by Crippen LogP contribution is -2.60. The van der Waals surface area contributed by atoms with E-state index in [0.29, 0.717) is 32.3 Å². The Bertz CT molecular complexity index is 1210. The van der Waals surface area contributed by atoms with Crippen LogP contribution in [0.2, 0.25) is 0 Å².